The van der Waals surface area contributed by atoms with E-state index >= 15 is 0 Å². The van der Waals surface area contributed by atoms with E-state index < -0.39 is 0 Å². The molecule has 0 spiro atoms. The molecular formula is C18H29N3OS. The summed E-state index contributed by atoms with van der Waals surface area (Å²) in [6.45, 7) is 7.80. The van der Waals surface area contributed by atoms with Gasteiger partial charge in [0, 0.05) is 38.1 Å². The summed E-state index contributed by atoms with van der Waals surface area (Å²) in [7, 11) is 1.83. The Hall–Kier alpha value is -1.20. The predicted molar refractivity (Wildman–Crippen MR) is 100 cm³/mol. The minimum Gasteiger partial charge on any atom is -0.381 e. The lowest BCUT2D eigenvalue weighted by atomic mass is 9.99. The van der Waals surface area contributed by atoms with Crippen molar-refractivity contribution in [3.8, 4) is 0 Å². The van der Waals surface area contributed by atoms with Gasteiger partial charge >= 0.3 is 0 Å². The smallest absolute Gasteiger partial charge is 0.191 e. The van der Waals surface area contributed by atoms with E-state index in [1.54, 1.807) is 0 Å². The zero-order valence-electron chi connectivity index (χ0n) is 14.5. The summed E-state index contributed by atoms with van der Waals surface area (Å²) < 4.78 is 5.81. The fraction of sp³-hybridized carbons (Fsp3) is 0.611. The fourth-order valence-corrected chi connectivity index (χ4v) is 4.14. The summed E-state index contributed by atoms with van der Waals surface area (Å²) in [5.74, 6) is 2.01. The van der Waals surface area contributed by atoms with E-state index in [9.17, 15) is 0 Å². The second-order valence-corrected chi connectivity index (χ2v) is 7.73. The fourth-order valence-electron chi connectivity index (χ4n) is 2.90. The number of thioether (sulfide) groups is 1. The van der Waals surface area contributed by atoms with Gasteiger partial charge in [0.05, 0.1) is 0 Å². The third-order valence-corrected chi connectivity index (χ3v) is 5.65. The normalized spacial score (nSPS) is 17.8. The maximum atomic E-state index is 5.53. The standard InChI is InChI=1S/C18H29N3OS/c1-4-23-18(8-10-22-11-9-18)14-21-17(19-3)20-13-16-7-5-6-15(2)12-16/h5-7,12H,4,8-11,13-14H2,1-3H3,(H2,19,20,21). The first-order valence-corrected chi connectivity index (χ1v) is 9.38. The lowest BCUT2D eigenvalue weighted by Crippen LogP contribution is -2.48. The second kappa shape index (κ2) is 9.18. The topological polar surface area (TPSA) is 45.7 Å². The van der Waals surface area contributed by atoms with Crippen molar-refractivity contribution in [3.05, 3.63) is 35.4 Å². The van der Waals surface area contributed by atoms with Gasteiger partial charge in [-0.3, -0.25) is 4.99 Å². The molecule has 0 bridgehead atoms. The molecule has 0 aromatic heterocycles. The van der Waals surface area contributed by atoms with Crippen molar-refractivity contribution in [2.24, 2.45) is 4.99 Å². The monoisotopic (exact) mass is 335 g/mol. The van der Waals surface area contributed by atoms with Crippen molar-refractivity contribution < 1.29 is 4.74 Å². The summed E-state index contributed by atoms with van der Waals surface area (Å²) in [6, 6.07) is 8.55. The Labute approximate surface area is 144 Å². The zero-order chi connectivity index (χ0) is 16.5. The Kier molecular flexibility index (Phi) is 7.24. The molecule has 0 aliphatic carbocycles. The molecule has 1 aliphatic heterocycles. The van der Waals surface area contributed by atoms with Crippen LogP contribution in [0.25, 0.3) is 0 Å². The molecule has 0 unspecified atom stereocenters. The van der Waals surface area contributed by atoms with Gasteiger partial charge in [-0.05, 0) is 31.1 Å². The third kappa shape index (κ3) is 5.74. The van der Waals surface area contributed by atoms with Crippen molar-refractivity contribution in [1.82, 2.24) is 10.6 Å². The first-order valence-electron chi connectivity index (χ1n) is 8.39. The largest absolute Gasteiger partial charge is 0.381 e. The Bertz CT molecular complexity index is 507. The second-order valence-electron chi connectivity index (χ2n) is 6.00. The van der Waals surface area contributed by atoms with Gasteiger partial charge in [0.25, 0.3) is 0 Å². The maximum absolute atomic E-state index is 5.53. The third-order valence-electron chi connectivity index (χ3n) is 4.20. The van der Waals surface area contributed by atoms with Gasteiger partial charge in [0.15, 0.2) is 5.96 Å². The number of hydrogen-bond acceptors (Lipinski definition) is 3. The molecule has 0 amide bonds. The molecule has 1 aromatic carbocycles. The van der Waals surface area contributed by atoms with Crippen molar-refractivity contribution in [2.45, 2.75) is 38.0 Å². The Balaban J connectivity index is 1.86. The molecule has 1 saturated heterocycles. The number of ether oxygens (including phenoxy) is 1. The number of hydrogen-bond donors (Lipinski definition) is 2. The van der Waals surface area contributed by atoms with Gasteiger partial charge in [0.1, 0.15) is 0 Å². The van der Waals surface area contributed by atoms with Crippen LogP contribution < -0.4 is 10.6 Å². The van der Waals surface area contributed by atoms with E-state index in [0.717, 1.165) is 50.9 Å². The molecule has 1 aliphatic rings. The molecule has 128 valence electrons. The van der Waals surface area contributed by atoms with E-state index in [1.165, 1.54) is 11.1 Å². The average molecular weight is 336 g/mol. The van der Waals surface area contributed by atoms with Crippen LogP contribution in [-0.2, 0) is 11.3 Å². The van der Waals surface area contributed by atoms with Crippen molar-refractivity contribution in [2.75, 3.05) is 32.6 Å². The Morgan fingerprint density at radius 1 is 1.30 bits per heavy atom. The van der Waals surface area contributed by atoms with Crippen LogP contribution >= 0.6 is 11.8 Å². The summed E-state index contributed by atoms with van der Waals surface area (Å²) >= 11 is 2.04. The molecule has 23 heavy (non-hydrogen) atoms. The van der Waals surface area contributed by atoms with Crippen molar-refractivity contribution in [1.29, 1.82) is 0 Å². The highest BCUT2D eigenvalue weighted by Crippen LogP contribution is 2.34. The van der Waals surface area contributed by atoms with Gasteiger partial charge in [-0.2, -0.15) is 11.8 Å². The summed E-state index contributed by atoms with van der Waals surface area (Å²) in [4.78, 5) is 4.36. The minimum atomic E-state index is 0.272. The molecule has 4 nitrogen and oxygen atoms in total. The molecule has 1 aromatic rings. The van der Waals surface area contributed by atoms with Gasteiger partial charge in [-0.1, -0.05) is 36.8 Å². The molecule has 0 saturated carbocycles. The number of nitrogens with zero attached hydrogens (tertiary/aromatic N) is 1. The lowest BCUT2D eigenvalue weighted by Gasteiger charge is -2.37. The minimum absolute atomic E-state index is 0.272. The first kappa shape index (κ1) is 18.1. The lowest BCUT2D eigenvalue weighted by molar-refractivity contribution is 0.0782. The van der Waals surface area contributed by atoms with Crippen LogP contribution in [-0.4, -0.2) is 43.3 Å². The zero-order valence-corrected chi connectivity index (χ0v) is 15.3. The SMILES string of the molecule is CCSC1(CNC(=NC)NCc2cccc(C)c2)CCOCC1. The highest BCUT2D eigenvalue weighted by atomic mass is 32.2. The number of nitrogens with one attached hydrogen (secondary N) is 2. The molecular weight excluding hydrogens is 306 g/mol. The Morgan fingerprint density at radius 2 is 2.09 bits per heavy atom. The van der Waals surface area contributed by atoms with Crippen molar-refractivity contribution in [3.63, 3.8) is 0 Å². The Morgan fingerprint density at radius 3 is 2.74 bits per heavy atom. The molecule has 5 heteroatoms. The van der Waals surface area contributed by atoms with Crippen LogP contribution in [0.15, 0.2) is 29.3 Å². The summed E-state index contributed by atoms with van der Waals surface area (Å²) in [6.07, 6.45) is 2.21. The van der Waals surface area contributed by atoms with Gasteiger partial charge in [0.2, 0.25) is 0 Å². The van der Waals surface area contributed by atoms with Gasteiger partial charge in [-0.15, -0.1) is 0 Å². The number of aliphatic imine (C=N–C) groups is 1. The number of aryl methyl sites for hydroxylation is 1. The number of guanidine groups is 1. The summed E-state index contributed by atoms with van der Waals surface area (Å²) in [5, 5.41) is 6.92. The van der Waals surface area contributed by atoms with Crippen LogP contribution in [0.4, 0.5) is 0 Å². The molecule has 2 N–H and O–H groups in total. The molecule has 0 radical (unpaired) electrons. The quantitative estimate of drug-likeness (QED) is 0.620. The van der Waals surface area contributed by atoms with E-state index in [2.05, 4.69) is 53.7 Å². The van der Waals surface area contributed by atoms with E-state index in [-0.39, 0.29) is 4.75 Å². The first-order chi connectivity index (χ1) is 11.2. The van der Waals surface area contributed by atoms with Crippen LogP contribution in [0.1, 0.15) is 30.9 Å². The molecule has 1 fully saturated rings. The molecule has 0 atom stereocenters. The van der Waals surface area contributed by atoms with Crippen LogP contribution in [0, 0.1) is 6.92 Å². The molecule has 1 heterocycles. The van der Waals surface area contributed by atoms with E-state index in [0.29, 0.717) is 0 Å². The molecule has 2 rings (SSSR count). The van der Waals surface area contributed by atoms with E-state index in [4.69, 9.17) is 4.74 Å². The number of benzene rings is 1. The van der Waals surface area contributed by atoms with Gasteiger partial charge in [-0.25, -0.2) is 0 Å². The highest BCUT2D eigenvalue weighted by Gasteiger charge is 2.32. The van der Waals surface area contributed by atoms with Crippen LogP contribution in [0.3, 0.4) is 0 Å². The van der Waals surface area contributed by atoms with Crippen LogP contribution in [0.2, 0.25) is 0 Å². The van der Waals surface area contributed by atoms with E-state index in [1.807, 2.05) is 18.8 Å². The van der Waals surface area contributed by atoms with Crippen LogP contribution in [0.5, 0.6) is 0 Å². The predicted octanol–water partition coefficient (Wildman–Crippen LogP) is 2.96. The van der Waals surface area contributed by atoms with Gasteiger partial charge < -0.3 is 15.4 Å². The average Bonchev–Trinajstić information content (AvgIpc) is 2.56. The highest BCUT2D eigenvalue weighted by molar-refractivity contribution is 8.00. The van der Waals surface area contributed by atoms with Crippen molar-refractivity contribution >= 4 is 17.7 Å². The number of rotatable bonds is 6. The maximum Gasteiger partial charge on any atom is 0.191 e. The summed E-state index contributed by atoms with van der Waals surface area (Å²) in [5.41, 5.74) is 2.56.